The maximum absolute atomic E-state index is 11.9. The Kier molecular flexibility index (Phi) is 3.98. The van der Waals surface area contributed by atoms with E-state index in [9.17, 15) is 4.79 Å². The first-order valence-corrected chi connectivity index (χ1v) is 6.99. The third kappa shape index (κ3) is 2.63. The molecule has 0 aliphatic heterocycles. The maximum atomic E-state index is 11.9. The van der Waals surface area contributed by atoms with Crippen LogP contribution in [-0.2, 0) is 11.3 Å². The molecule has 1 aromatic carbocycles. The quantitative estimate of drug-likeness (QED) is 0.693. The summed E-state index contributed by atoms with van der Waals surface area (Å²) in [4.78, 5) is 16.1. The molecular formula is C16H13ClN2O3. The number of aromatic nitrogens is 2. The van der Waals surface area contributed by atoms with Crippen LogP contribution >= 0.6 is 11.6 Å². The maximum Gasteiger partial charge on any atom is 0.355 e. The summed E-state index contributed by atoms with van der Waals surface area (Å²) in [5.74, 6) is 0.150. The molecule has 0 saturated carbocycles. The molecule has 0 spiro atoms. The van der Waals surface area contributed by atoms with Crippen molar-refractivity contribution in [2.24, 2.45) is 0 Å². The molecule has 0 atom stereocenters. The Morgan fingerprint density at radius 2 is 2.05 bits per heavy atom. The summed E-state index contributed by atoms with van der Waals surface area (Å²) in [7, 11) is 1.35. The zero-order valence-electron chi connectivity index (χ0n) is 11.8. The first kappa shape index (κ1) is 14.4. The number of benzene rings is 1. The van der Waals surface area contributed by atoms with Gasteiger partial charge in [0.25, 0.3) is 0 Å². The van der Waals surface area contributed by atoms with Crippen LogP contribution in [0, 0.1) is 0 Å². The molecule has 22 heavy (non-hydrogen) atoms. The van der Waals surface area contributed by atoms with E-state index in [-0.39, 0.29) is 6.61 Å². The van der Waals surface area contributed by atoms with Crippen LogP contribution in [0.15, 0.2) is 48.7 Å². The van der Waals surface area contributed by atoms with Crippen molar-refractivity contribution < 1.29 is 14.3 Å². The second kappa shape index (κ2) is 6.07. The van der Waals surface area contributed by atoms with Crippen LogP contribution in [0.3, 0.4) is 0 Å². The van der Waals surface area contributed by atoms with E-state index < -0.39 is 5.97 Å². The molecule has 0 unspecified atom stereocenters. The lowest BCUT2D eigenvalue weighted by Gasteiger charge is -2.09. The number of imidazole rings is 1. The molecule has 3 aromatic rings. The summed E-state index contributed by atoms with van der Waals surface area (Å²) in [5, 5.41) is 0.532. The molecule has 0 bridgehead atoms. The highest BCUT2D eigenvalue weighted by atomic mass is 35.5. The van der Waals surface area contributed by atoms with Gasteiger partial charge in [0.1, 0.15) is 23.7 Å². The lowest BCUT2D eigenvalue weighted by atomic mass is 10.3. The van der Waals surface area contributed by atoms with Gasteiger partial charge in [-0.1, -0.05) is 29.8 Å². The number of rotatable bonds is 4. The average molecular weight is 317 g/mol. The van der Waals surface area contributed by atoms with Crippen LogP contribution < -0.4 is 4.74 Å². The van der Waals surface area contributed by atoms with Gasteiger partial charge in [0, 0.05) is 0 Å². The number of hydrogen-bond acceptors (Lipinski definition) is 4. The Labute approximate surface area is 132 Å². The van der Waals surface area contributed by atoms with Crippen molar-refractivity contribution in [3.63, 3.8) is 0 Å². The molecule has 5 nitrogen and oxygen atoms in total. The largest absolute Gasteiger partial charge is 0.486 e. The van der Waals surface area contributed by atoms with Gasteiger partial charge in [-0.05, 0) is 24.3 Å². The second-order valence-corrected chi connectivity index (χ2v) is 4.97. The fourth-order valence-electron chi connectivity index (χ4n) is 2.18. The molecule has 0 saturated heterocycles. The van der Waals surface area contributed by atoms with Gasteiger partial charge < -0.3 is 9.47 Å². The highest BCUT2D eigenvalue weighted by Crippen LogP contribution is 2.24. The van der Waals surface area contributed by atoms with Crippen LogP contribution in [-0.4, -0.2) is 22.5 Å². The first-order chi connectivity index (χ1) is 10.7. The molecule has 0 amide bonds. The molecule has 0 aliphatic rings. The van der Waals surface area contributed by atoms with Crippen LogP contribution in [0.5, 0.6) is 5.75 Å². The van der Waals surface area contributed by atoms with Crippen molar-refractivity contribution in [2.75, 3.05) is 7.11 Å². The standard InChI is InChI=1S/C16H13ClN2O3/c1-21-16(20)13-6-4-8-15-18-9-11(19(13)15)10-22-14-7-3-2-5-12(14)17/h2-9H,10H2,1H3. The van der Waals surface area contributed by atoms with Gasteiger partial charge in [-0.15, -0.1) is 0 Å². The lowest BCUT2D eigenvalue weighted by Crippen LogP contribution is -2.11. The Bertz CT molecular complexity index is 829. The van der Waals surface area contributed by atoms with Crippen LogP contribution in [0.25, 0.3) is 5.65 Å². The predicted octanol–water partition coefficient (Wildman–Crippen LogP) is 3.35. The lowest BCUT2D eigenvalue weighted by molar-refractivity contribution is 0.0591. The monoisotopic (exact) mass is 316 g/mol. The van der Waals surface area contributed by atoms with E-state index in [0.717, 1.165) is 5.69 Å². The number of carbonyl (C=O) groups is 1. The van der Waals surface area contributed by atoms with Crippen LogP contribution in [0.4, 0.5) is 0 Å². The van der Waals surface area contributed by atoms with E-state index >= 15 is 0 Å². The number of para-hydroxylation sites is 1. The van der Waals surface area contributed by atoms with Crippen molar-refractivity contribution in [2.45, 2.75) is 6.61 Å². The average Bonchev–Trinajstić information content (AvgIpc) is 2.96. The summed E-state index contributed by atoms with van der Waals surface area (Å²) < 4.78 is 12.2. The minimum absolute atomic E-state index is 0.235. The summed E-state index contributed by atoms with van der Waals surface area (Å²) in [5.41, 5.74) is 1.78. The van der Waals surface area contributed by atoms with E-state index in [4.69, 9.17) is 21.1 Å². The Balaban J connectivity index is 1.94. The van der Waals surface area contributed by atoms with Gasteiger partial charge in [0.2, 0.25) is 0 Å². The van der Waals surface area contributed by atoms with E-state index in [1.54, 1.807) is 34.9 Å². The van der Waals surface area contributed by atoms with Gasteiger partial charge >= 0.3 is 5.97 Å². The smallest absolute Gasteiger partial charge is 0.355 e. The number of fused-ring (bicyclic) bond motifs is 1. The number of carbonyl (C=O) groups excluding carboxylic acids is 1. The fraction of sp³-hybridized carbons (Fsp3) is 0.125. The van der Waals surface area contributed by atoms with E-state index in [0.29, 0.717) is 22.1 Å². The molecule has 2 aromatic heterocycles. The van der Waals surface area contributed by atoms with Gasteiger partial charge in [0.05, 0.1) is 24.0 Å². The molecule has 112 valence electrons. The minimum atomic E-state index is -0.428. The zero-order chi connectivity index (χ0) is 15.5. The Morgan fingerprint density at radius 3 is 2.82 bits per heavy atom. The van der Waals surface area contributed by atoms with E-state index in [1.165, 1.54) is 7.11 Å². The SMILES string of the molecule is COC(=O)c1cccc2ncc(COc3ccccc3Cl)n12. The highest BCUT2D eigenvalue weighted by Gasteiger charge is 2.14. The number of hydrogen-bond donors (Lipinski definition) is 0. The van der Waals surface area contributed by atoms with E-state index in [2.05, 4.69) is 4.98 Å². The number of pyridine rings is 1. The number of halogens is 1. The van der Waals surface area contributed by atoms with Crippen molar-refractivity contribution >= 4 is 23.2 Å². The molecule has 0 N–H and O–H groups in total. The number of ether oxygens (including phenoxy) is 2. The van der Waals surface area contributed by atoms with Gasteiger partial charge in [-0.25, -0.2) is 9.78 Å². The Morgan fingerprint density at radius 1 is 1.23 bits per heavy atom. The van der Waals surface area contributed by atoms with Crippen LogP contribution in [0.1, 0.15) is 16.2 Å². The van der Waals surface area contributed by atoms with Gasteiger partial charge in [-0.2, -0.15) is 0 Å². The van der Waals surface area contributed by atoms with Crippen molar-refractivity contribution in [3.8, 4) is 5.75 Å². The Hall–Kier alpha value is -2.53. The predicted molar refractivity (Wildman–Crippen MR) is 82.3 cm³/mol. The van der Waals surface area contributed by atoms with Gasteiger partial charge in [0.15, 0.2) is 0 Å². The number of esters is 1. The normalized spacial score (nSPS) is 10.6. The summed E-state index contributed by atoms with van der Waals surface area (Å²) >= 11 is 6.07. The highest BCUT2D eigenvalue weighted by molar-refractivity contribution is 6.32. The summed E-state index contributed by atoms with van der Waals surface area (Å²) in [6, 6.07) is 12.5. The molecule has 6 heteroatoms. The third-order valence-electron chi connectivity index (χ3n) is 3.21. The van der Waals surface area contributed by atoms with E-state index in [1.807, 2.05) is 18.2 Å². The number of methoxy groups -OCH3 is 1. The summed E-state index contributed by atoms with van der Waals surface area (Å²) in [6.07, 6.45) is 1.67. The minimum Gasteiger partial charge on any atom is -0.486 e. The van der Waals surface area contributed by atoms with Crippen molar-refractivity contribution in [1.29, 1.82) is 0 Å². The zero-order valence-corrected chi connectivity index (χ0v) is 12.6. The molecule has 3 rings (SSSR count). The second-order valence-electron chi connectivity index (χ2n) is 4.56. The van der Waals surface area contributed by atoms with Crippen molar-refractivity contribution in [1.82, 2.24) is 9.38 Å². The molecule has 0 radical (unpaired) electrons. The first-order valence-electron chi connectivity index (χ1n) is 6.61. The van der Waals surface area contributed by atoms with Crippen LogP contribution in [0.2, 0.25) is 5.02 Å². The molecule has 2 heterocycles. The number of nitrogens with zero attached hydrogens (tertiary/aromatic N) is 2. The molecular weight excluding hydrogens is 304 g/mol. The fourth-order valence-corrected chi connectivity index (χ4v) is 2.37. The van der Waals surface area contributed by atoms with Gasteiger partial charge in [-0.3, -0.25) is 4.40 Å². The topological polar surface area (TPSA) is 52.8 Å². The molecule has 0 fully saturated rings. The third-order valence-corrected chi connectivity index (χ3v) is 3.52. The van der Waals surface area contributed by atoms with Crippen molar-refractivity contribution in [3.05, 3.63) is 65.1 Å². The summed E-state index contributed by atoms with van der Waals surface area (Å²) in [6.45, 7) is 0.235. The molecule has 0 aliphatic carbocycles.